The van der Waals surface area contributed by atoms with E-state index in [1.807, 2.05) is 13.8 Å². The number of alkyl halides is 2. The van der Waals surface area contributed by atoms with E-state index in [9.17, 15) is 18.4 Å². The van der Waals surface area contributed by atoms with Gasteiger partial charge in [-0.2, -0.15) is 8.78 Å². The highest BCUT2D eigenvalue weighted by molar-refractivity contribution is 6.03. The maximum Gasteiger partial charge on any atom is 0.326 e. The van der Waals surface area contributed by atoms with Crippen LogP contribution in [0.4, 0.5) is 8.78 Å². The molecule has 1 aromatic heterocycles. The zero-order valence-electron chi connectivity index (χ0n) is 20.6. The molecule has 2 aliphatic rings. The average Bonchev–Trinajstić information content (AvgIpc) is 3.07. The molecule has 1 atom stereocenters. The summed E-state index contributed by atoms with van der Waals surface area (Å²) < 4.78 is 38.8. The van der Waals surface area contributed by atoms with E-state index in [4.69, 9.17) is 15.2 Å². The van der Waals surface area contributed by atoms with Gasteiger partial charge >= 0.3 is 5.92 Å². The molecule has 36 heavy (non-hydrogen) atoms. The Morgan fingerprint density at radius 2 is 2.03 bits per heavy atom. The molecule has 2 aromatic rings. The number of carbonyl (C=O) groups excluding carboxylic acids is 2. The van der Waals surface area contributed by atoms with E-state index >= 15 is 0 Å². The topological polar surface area (TPSA) is 107 Å². The van der Waals surface area contributed by atoms with Gasteiger partial charge in [-0.15, -0.1) is 0 Å². The maximum absolute atomic E-state index is 13.6. The summed E-state index contributed by atoms with van der Waals surface area (Å²) in [7, 11) is 2.08. The van der Waals surface area contributed by atoms with Gasteiger partial charge in [-0.05, 0) is 59.0 Å². The normalized spacial score (nSPS) is 20.2. The van der Waals surface area contributed by atoms with Crippen molar-refractivity contribution >= 4 is 22.6 Å². The van der Waals surface area contributed by atoms with Crippen LogP contribution in [0.2, 0.25) is 0 Å². The van der Waals surface area contributed by atoms with Crippen molar-refractivity contribution in [3.8, 4) is 23.5 Å². The van der Waals surface area contributed by atoms with Gasteiger partial charge in [-0.3, -0.25) is 9.59 Å². The van der Waals surface area contributed by atoms with Gasteiger partial charge in [0, 0.05) is 29.3 Å². The quantitative estimate of drug-likeness (QED) is 0.591. The van der Waals surface area contributed by atoms with Crippen LogP contribution in [-0.2, 0) is 4.79 Å². The SMILES string of the molecule is CC(C)Oc1cc2c(OCC3CC(F)(F)C(=O)N3)ncc(C#CC3CCN(C)CC3)c2cc1C(N)=O. The number of benzene rings is 1. The Labute approximate surface area is 208 Å². The number of halogens is 2. The summed E-state index contributed by atoms with van der Waals surface area (Å²) in [5.74, 6) is 1.80. The molecule has 2 aliphatic heterocycles. The summed E-state index contributed by atoms with van der Waals surface area (Å²) in [4.78, 5) is 30.3. The molecule has 4 rings (SSSR count). The smallest absolute Gasteiger partial charge is 0.326 e. The van der Waals surface area contributed by atoms with Crippen LogP contribution < -0.4 is 20.5 Å². The van der Waals surface area contributed by atoms with Crippen molar-refractivity contribution in [3.63, 3.8) is 0 Å². The predicted octanol–water partition coefficient (Wildman–Crippen LogP) is 2.72. The number of ether oxygens (including phenoxy) is 2. The second-order valence-corrected chi connectivity index (χ2v) is 9.64. The highest BCUT2D eigenvalue weighted by atomic mass is 19.3. The van der Waals surface area contributed by atoms with Gasteiger partial charge in [-0.1, -0.05) is 11.8 Å². The van der Waals surface area contributed by atoms with Crippen molar-refractivity contribution in [3.05, 3.63) is 29.5 Å². The van der Waals surface area contributed by atoms with Crippen LogP contribution >= 0.6 is 0 Å². The number of fused-ring (bicyclic) bond motifs is 1. The lowest BCUT2D eigenvalue weighted by Gasteiger charge is -2.25. The van der Waals surface area contributed by atoms with Gasteiger partial charge in [0.25, 0.3) is 11.8 Å². The first-order valence-electron chi connectivity index (χ1n) is 12.0. The Bertz CT molecular complexity index is 1230. The zero-order valence-corrected chi connectivity index (χ0v) is 20.6. The van der Waals surface area contributed by atoms with E-state index in [1.54, 1.807) is 12.1 Å². The number of hydrogen-bond acceptors (Lipinski definition) is 6. The molecule has 0 bridgehead atoms. The first kappa shape index (κ1) is 25.6. The molecule has 0 radical (unpaired) electrons. The third kappa shape index (κ3) is 5.68. The van der Waals surface area contributed by atoms with Crippen LogP contribution in [0.15, 0.2) is 18.3 Å². The molecule has 0 aliphatic carbocycles. The van der Waals surface area contributed by atoms with E-state index in [2.05, 4.69) is 34.1 Å². The summed E-state index contributed by atoms with van der Waals surface area (Å²) in [6.45, 7) is 5.39. The molecule has 2 amide bonds. The molecular formula is C26H30F2N4O4. The fourth-order valence-corrected chi connectivity index (χ4v) is 4.36. The monoisotopic (exact) mass is 500 g/mol. The highest BCUT2D eigenvalue weighted by Crippen LogP contribution is 2.34. The highest BCUT2D eigenvalue weighted by Gasteiger charge is 2.48. The molecule has 2 fully saturated rings. The van der Waals surface area contributed by atoms with Crippen molar-refractivity contribution in [2.45, 2.75) is 51.2 Å². The summed E-state index contributed by atoms with van der Waals surface area (Å²) in [5, 5.41) is 3.33. The fraction of sp³-hybridized carbons (Fsp3) is 0.500. The third-order valence-electron chi connectivity index (χ3n) is 6.30. The second kappa shape index (κ2) is 10.3. The number of nitrogens with two attached hydrogens (primary N) is 1. The predicted molar refractivity (Wildman–Crippen MR) is 130 cm³/mol. The van der Waals surface area contributed by atoms with Gasteiger partial charge in [0.2, 0.25) is 5.88 Å². The van der Waals surface area contributed by atoms with E-state index in [0.717, 1.165) is 25.9 Å². The number of hydrogen-bond donors (Lipinski definition) is 2. The van der Waals surface area contributed by atoms with E-state index < -0.39 is 30.2 Å². The second-order valence-electron chi connectivity index (χ2n) is 9.64. The van der Waals surface area contributed by atoms with Crippen molar-refractivity contribution < 1.29 is 27.8 Å². The average molecular weight is 501 g/mol. The number of primary amides is 1. The molecule has 192 valence electrons. The first-order valence-corrected chi connectivity index (χ1v) is 12.0. The lowest BCUT2D eigenvalue weighted by molar-refractivity contribution is -0.139. The summed E-state index contributed by atoms with van der Waals surface area (Å²) in [5.41, 5.74) is 6.42. The molecule has 0 spiro atoms. The lowest BCUT2D eigenvalue weighted by Crippen LogP contribution is -2.33. The number of amides is 2. The Morgan fingerprint density at radius 3 is 2.64 bits per heavy atom. The number of likely N-dealkylation sites (tertiary alicyclic amines) is 1. The summed E-state index contributed by atoms with van der Waals surface area (Å²) >= 11 is 0. The van der Waals surface area contributed by atoms with Gasteiger partial charge in [0.05, 0.1) is 23.3 Å². The van der Waals surface area contributed by atoms with Crippen LogP contribution in [0.1, 0.15) is 49.0 Å². The maximum atomic E-state index is 13.6. The van der Waals surface area contributed by atoms with Crippen molar-refractivity contribution in [1.82, 2.24) is 15.2 Å². The number of nitrogens with one attached hydrogen (secondary N) is 1. The molecule has 0 saturated carbocycles. The van der Waals surface area contributed by atoms with Crippen LogP contribution in [0.3, 0.4) is 0 Å². The number of carbonyl (C=O) groups is 2. The molecule has 8 nitrogen and oxygen atoms in total. The first-order chi connectivity index (χ1) is 17.0. The van der Waals surface area contributed by atoms with E-state index in [1.165, 1.54) is 6.20 Å². The van der Waals surface area contributed by atoms with Crippen molar-refractivity contribution in [1.29, 1.82) is 0 Å². The number of piperidine rings is 1. The van der Waals surface area contributed by atoms with Crippen LogP contribution in [-0.4, -0.2) is 66.5 Å². The fourth-order valence-electron chi connectivity index (χ4n) is 4.36. The van der Waals surface area contributed by atoms with Gasteiger partial charge in [0.15, 0.2) is 0 Å². The zero-order chi connectivity index (χ0) is 26.0. The molecule has 1 unspecified atom stereocenters. The number of aromatic nitrogens is 1. The molecule has 3 heterocycles. The number of nitrogens with zero attached hydrogens (tertiary/aromatic N) is 2. The van der Waals surface area contributed by atoms with Crippen LogP contribution in [0.5, 0.6) is 11.6 Å². The minimum atomic E-state index is -3.43. The Hall–Kier alpha value is -3.45. The third-order valence-corrected chi connectivity index (χ3v) is 6.30. The molecule has 1 aromatic carbocycles. The summed E-state index contributed by atoms with van der Waals surface area (Å²) in [6.07, 6.45) is 2.58. The Kier molecular flexibility index (Phi) is 7.31. The Morgan fingerprint density at radius 1 is 1.31 bits per heavy atom. The molecule has 3 N–H and O–H groups in total. The molecule has 2 saturated heterocycles. The number of rotatable bonds is 6. The largest absolute Gasteiger partial charge is 0.490 e. The Balaban J connectivity index is 1.71. The van der Waals surface area contributed by atoms with Crippen LogP contribution in [0.25, 0.3) is 10.8 Å². The van der Waals surface area contributed by atoms with E-state index in [0.29, 0.717) is 16.3 Å². The lowest BCUT2D eigenvalue weighted by atomic mass is 9.97. The minimum absolute atomic E-state index is 0.156. The molecule has 10 heteroatoms. The van der Waals surface area contributed by atoms with E-state index in [-0.39, 0.29) is 35.8 Å². The molecular weight excluding hydrogens is 470 g/mol. The minimum Gasteiger partial charge on any atom is -0.490 e. The standard InChI is InChI=1S/C26H30F2N4O4/c1-15(2)36-22-11-20-19(10-21(22)23(29)33)17(5-4-16-6-8-32(3)9-7-16)13-30-24(20)35-14-18-12-26(27,28)25(34)31-18/h10-11,13,15-16,18H,6-9,12,14H2,1-3H3,(H2,29,33)(H,31,34). The summed E-state index contributed by atoms with van der Waals surface area (Å²) in [6, 6.07) is 2.36. The van der Waals surface area contributed by atoms with Gasteiger partial charge < -0.3 is 25.4 Å². The van der Waals surface area contributed by atoms with Crippen molar-refractivity contribution in [2.75, 3.05) is 26.7 Å². The van der Waals surface area contributed by atoms with Gasteiger partial charge in [0.1, 0.15) is 12.4 Å². The van der Waals surface area contributed by atoms with Gasteiger partial charge in [-0.25, -0.2) is 4.98 Å². The van der Waals surface area contributed by atoms with Crippen molar-refractivity contribution in [2.24, 2.45) is 11.7 Å². The van der Waals surface area contributed by atoms with Crippen LogP contribution in [0, 0.1) is 17.8 Å². The number of pyridine rings is 1.